The van der Waals surface area contributed by atoms with E-state index in [1.54, 1.807) is 25.3 Å². The molecule has 0 heterocycles. The maximum absolute atomic E-state index is 10.7. The zero-order chi connectivity index (χ0) is 9.14. The van der Waals surface area contributed by atoms with E-state index in [-0.39, 0.29) is 0 Å². The first-order valence-electron chi connectivity index (χ1n) is 3.09. The molecule has 0 fully saturated rings. The summed E-state index contributed by atoms with van der Waals surface area (Å²) in [5, 5.41) is 0. The van der Waals surface area contributed by atoms with Gasteiger partial charge in [-0.05, 0) is 40.8 Å². The van der Waals surface area contributed by atoms with Crippen LogP contribution in [0.4, 0.5) is 0 Å². The Morgan fingerprint density at radius 1 is 1.58 bits per heavy atom. The Balaban J connectivity index is 3.12. The average Bonchev–Trinajstić information content (AvgIpc) is 2.03. The van der Waals surface area contributed by atoms with Gasteiger partial charge < -0.3 is 9.29 Å². The van der Waals surface area contributed by atoms with E-state index in [4.69, 9.17) is 9.29 Å². The van der Waals surface area contributed by atoms with Gasteiger partial charge in [-0.2, -0.15) is 0 Å². The van der Waals surface area contributed by atoms with Gasteiger partial charge >= 0.3 is 0 Å². The number of benzene rings is 1. The molecule has 1 aromatic rings. The molecule has 0 aliphatic carbocycles. The molecule has 1 N–H and O–H groups in total. The molecule has 0 spiro atoms. The van der Waals surface area contributed by atoms with Crippen molar-refractivity contribution in [3.05, 3.63) is 21.8 Å². The van der Waals surface area contributed by atoms with E-state index in [9.17, 15) is 4.21 Å². The van der Waals surface area contributed by atoms with Crippen LogP contribution in [0.15, 0.2) is 23.1 Å². The van der Waals surface area contributed by atoms with Crippen molar-refractivity contribution in [3.63, 3.8) is 0 Å². The highest BCUT2D eigenvalue weighted by Gasteiger charge is 2.05. The lowest BCUT2D eigenvalue weighted by Crippen LogP contribution is -1.93. The third-order valence-electron chi connectivity index (χ3n) is 1.33. The van der Waals surface area contributed by atoms with Gasteiger partial charge in [0.15, 0.2) is 11.1 Å². The van der Waals surface area contributed by atoms with Crippen LogP contribution in [0.5, 0.6) is 5.75 Å². The molecule has 0 saturated carbocycles. The first-order valence-corrected chi connectivity index (χ1v) is 5.28. The fourth-order valence-corrected chi connectivity index (χ4v) is 2.21. The minimum Gasteiger partial charge on any atom is -0.497 e. The van der Waals surface area contributed by atoms with Crippen LogP contribution in [-0.4, -0.2) is 15.9 Å². The summed E-state index contributed by atoms with van der Waals surface area (Å²) in [5.74, 6) is 0.689. The van der Waals surface area contributed by atoms with Gasteiger partial charge in [0.25, 0.3) is 0 Å². The normalized spacial score (nSPS) is 12.6. The largest absolute Gasteiger partial charge is 0.497 e. The summed E-state index contributed by atoms with van der Waals surface area (Å²) in [6.45, 7) is 0. The van der Waals surface area contributed by atoms with Gasteiger partial charge in [0.05, 0.1) is 12.0 Å². The third-order valence-corrected chi connectivity index (χ3v) is 3.32. The van der Waals surface area contributed by atoms with Crippen molar-refractivity contribution in [1.82, 2.24) is 0 Å². The van der Waals surface area contributed by atoms with E-state index in [0.717, 1.165) is 3.57 Å². The molecule has 3 nitrogen and oxygen atoms in total. The summed E-state index contributed by atoms with van der Waals surface area (Å²) in [7, 11) is 1.56. The monoisotopic (exact) mass is 298 g/mol. The van der Waals surface area contributed by atoms with Gasteiger partial charge in [0.2, 0.25) is 0 Å². The zero-order valence-corrected chi connectivity index (χ0v) is 9.26. The van der Waals surface area contributed by atoms with E-state index in [1.807, 2.05) is 22.6 Å². The fraction of sp³-hybridized carbons (Fsp3) is 0.143. The summed E-state index contributed by atoms with van der Waals surface area (Å²) < 4.78 is 25.2. The van der Waals surface area contributed by atoms with Crippen molar-refractivity contribution in [2.45, 2.75) is 4.90 Å². The molecule has 0 aliphatic rings. The van der Waals surface area contributed by atoms with Gasteiger partial charge in [-0.3, -0.25) is 0 Å². The molecule has 5 heteroatoms. The van der Waals surface area contributed by atoms with E-state index in [2.05, 4.69) is 0 Å². The number of hydrogen-bond acceptors (Lipinski definition) is 2. The molecule has 0 aliphatic heterocycles. The highest BCUT2D eigenvalue weighted by atomic mass is 127. The molecule has 1 rings (SSSR count). The number of rotatable bonds is 2. The quantitative estimate of drug-likeness (QED) is 0.670. The maximum Gasteiger partial charge on any atom is 0.187 e. The van der Waals surface area contributed by atoms with Gasteiger partial charge in [-0.1, -0.05) is 0 Å². The topological polar surface area (TPSA) is 46.5 Å². The summed E-state index contributed by atoms with van der Waals surface area (Å²) in [6, 6.07) is 4.95. The predicted molar refractivity (Wildman–Crippen MR) is 54.7 cm³/mol. The van der Waals surface area contributed by atoms with Crippen molar-refractivity contribution < 1.29 is 13.5 Å². The second kappa shape index (κ2) is 4.20. The molecular weight excluding hydrogens is 291 g/mol. The summed E-state index contributed by atoms with van der Waals surface area (Å²) in [6.07, 6.45) is 0. The predicted octanol–water partition coefficient (Wildman–Crippen LogP) is 1.88. The zero-order valence-electron chi connectivity index (χ0n) is 6.28. The van der Waals surface area contributed by atoms with Gasteiger partial charge in [-0.25, -0.2) is 4.21 Å². The van der Waals surface area contributed by atoms with Crippen LogP contribution in [-0.2, 0) is 11.1 Å². The molecular formula is C7H7IO3S. The van der Waals surface area contributed by atoms with Crippen LogP contribution in [0.2, 0.25) is 0 Å². The molecule has 0 amide bonds. The first-order chi connectivity index (χ1) is 5.65. The minimum absolute atomic E-state index is 0.413. The summed E-state index contributed by atoms with van der Waals surface area (Å²) >= 11 is 0.0777. The molecule has 0 saturated heterocycles. The van der Waals surface area contributed by atoms with Crippen molar-refractivity contribution >= 4 is 33.7 Å². The van der Waals surface area contributed by atoms with Crippen molar-refractivity contribution in [2.24, 2.45) is 0 Å². The molecule has 1 aromatic carbocycles. The minimum atomic E-state index is -1.91. The Hall–Kier alpha value is -0.140. The Labute approximate surface area is 86.5 Å². The van der Waals surface area contributed by atoms with Crippen molar-refractivity contribution in [3.8, 4) is 5.75 Å². The van der Waals surface area contributed by atoms with Gasteiger partial charge in [-0.15, -0.1) is 0 Å². The van der Waals surface area contributed by atoms with Crippen LogP contribution in [0.25, 0.3) is 0 Å². The number of ether oxygens (including phenoxy) is 1. The van der Waals surface area contributed by atoms with E-state index < -0.39 is 11.1 Å². The van der Waals surface area contributed by atoms with Gasteiger partial charge in [0, 0.05) is 3.57 Å². The average molecular weight is 298 g/mol. The second-order valence-corrected chi connectivity index (χ2v) is 4.15. The van der Waals surface area contributed by atoms with Crippen LogP contribution in [0.1, 0.15) is 0 Å². The highest BCUT2D eigenvalue weighted by Crippen LogP contribution is 2.21. The fourth-order valence-electron chi connectivity index (χ4n) is 0.750. The Kier molecular flexibility index (Phi) is 3.48. The summed E-state index contributed by atoms with van der Waals surface area (Å²) in [5.41, 5.74) is 0. The maximum atomic E-state index is 10.7. The Bertz CT molecular complexity index is 314. The molecule has 12 heavy (non-hydrogen) atoms. The first kappa shape index (κ1) is 9.94. The van der Waals surface area contributed by atoms with E-state index in [0.29, 0.717) is 10.6 Å². The molecule has 66 valence electrons. The van der Waals surface area contributed by atoms with Gasteiger partial charge in [0.1, 0.15) is 5.75 Å². The molecule has 1 atom stereocenters. The summed E-state index contributed by atoms with van der Waals surface area (Å²) in [4.78, 5) is 0.413. The van der Waals surface area contributed by atoms with Crippen LogP contribution < -0.4 is 4.74 Å². The van der Waals surface area contributed by atoms with E-state index in [1.165, 1.54) is 0 Å². The molecule has 0 aromatic heterocycles. The van der Waals surface area contributed by atoms with Crippen molar-refractivity contribution in [2.75, 3.05) is 7.11 Å². The highest BCUT2D eigenvalue weighted by molar-refractivity contribution is 14.1. The molecule has 0 radical (unpaired) electrons. The lowest BCUT2D eigenvalue weighted by atomic mass is 10.3. The number of halogens is 1. The second-order valence-electron chi connectivity index (χ2n) is 2.05. The SMILES string of the molecule is COc1ccc(S(=O)O)c(I)c1. The number of methoxy groups -OCH3 is 1. The van der Waals surface area contributed by atoms with Crippen LogP contribution in [0.3, 0.4) is 0 Å². The smallest absolute Gasteiger partial charge is 0.187 e. The lowest BCUT2D eigenvalue weighted by molar-refractivity contribution is 0.414. The molecule has 0 bridgehead atoms. The third kappa shape index (κ3) is 2.18. The Morgan fingerprint density at radius 3 is 2.67 bits per heavy atom. The lowest BCUT2D eigenvalue weighted by Gasteiger charge is -2.02. The van der Waals surface area contributed by atoms with Crippen LogP contribution in [0, 0.1) is 3.57 Å². The van der Waals surface area contributed by atoms with Crippen molar-refractivity contribution in [1.29, 1.82) is 0 Å². The molecule has 1 unspecified atom stereocenters. The van der Waals surface area contributed by atoms with E-state index >= 15 is 0 Å². The van der Waals surface area contributed by atoms with Crippen LogP contribution >= 0.6 is 22.6 Å². The standard InChI is InChI=1S/C7H7IO3S/c1-11-5-2-3-7(12(9)10)6(8)4-5/h2-4H,1H3,(H,9,10). The number of hydrogen-bond donors (Lipinski definition) is 1. The Morgan fingerprint density at radius 2 is 2.25 bits per heavy atom.